The van der Waals surface area contributed by atoms with Crippen molar-refractivity contribution in [2.75, 3.05) is 54.9 Å². The van der Waals surface area contributed by atoms with Crippen molar-refractivity contribution in [3.8, 4) is 16.9 Å². The number of H-pyrrole nitrogens is 1. The summed E-state index contributed by atoms with van der Waals surface area (Å²) in [6, 6.07) is 18.4. The van der Waals surface area contributed by atoms with Crippen molar-refractivity contribution in [1.82, 2.24) is 15.5 Å². The van der Waals surface area contributed by atoms with Crippen LogP contribution in [0.3, 0.4) is 0 Å². The summed E-state index contributed by atoms with van der Waals surface area (Å²) in [7, 11) is 0. The van der Waals surface area contributed by atoms with Crippen molar-refractivity contribution in [2.45, 2.75) is 32.2 Å². The Hall–Kier alpha value is -5.00. The standard InChI is InChI=1S/C37H38F2N6O3/c1-22-2-4-29(46)20-31(22)32-21-35-33(17-24(32)14-23-15-25(38)18-26(39)16-23)36(44-43-35)42-37(47)30-5-3-28(45-10-8-40-9-11-45)19-34(30)41-27-6-12-48-13-7-27/h2-5,15-21,27,40-41,46H,6-14H2,1H3,(H2,42,43,44,47). The van der Waals surface area contributed by atoms with Crippen LogP contribution in [-0.2, 0) is 11.2 Å². The number of ether oxygens (including phenoxy) is 1. The van der Waals surface area contributed by atoms with E-state index in [1.807, 2.05) is 37.3 Å². The Kier molecular flexibility index (Phi) is 8.96. The molecule has 7 rings (SSSR count). The second-order valence-corrected chi connectivity index (χ2v) is 12.5. The molecule has 9 nitrogen and oxygen atoms in total. The van der Waals surface area contributed by atoms with Crippen molar-refractivity contribution in [1.29, 1.82) is 0 Å². The van der Waals surface area contributed by atoms with Gasteiger partial charge in [0.15, 0.2) is 5.82 Å². The first-order valence-electron chi connectivity index (χ1n) is 16.3. The number of rotatable bonds is 8. The van der Waals surface area contributed by atoms with Crippen LogP contribution >= 0.6 is 0 Å². The normalized spacial score (nSPS) is 15.5. The van der Waals surface area contributed by atoms with Crippen molar-refractivity contribution in [3.05, 3.63) is 101 Å². The number of aromatic hydroxyl groups is 1. The molecule has 11 heteroatoms. The molecule has 0 saturated carbocycles. The van der Waals surface area contributed by atoms with E-state index in [1.54, 1.807) is 12.1 Å². The predicted octanol–water partition coefficient (Wildman–Crippen LogP) is 6.37. The summed E-state index contributed by atoms with van der Waals surface area (Å²) in [5.41, 5.74) is 6.64. The molecule has 0 aliphatic carbocycles. The smallest absolute Gasteiger partial charge is 0.258 e. The van der Waals surface area contributed by atoms with Gasteiger partial charge in [-0.3, -0.25) is 9.89 Å². The predicted molar refractivity (Wildman–Crippen MR) is 184 cm³/mol. The quantitative estimate of drug-likeness (QED) is 0.133. The Morgan fingerprint density at radius 3 is 2.52 bits per heavy atom. The maximum absolute atomic E-state index is 14.2. The van der Waals surface area contributed by atoms with Gasteiger partial charge in [-0.2, -0.15) is 5.10 Å². The summed E-state index contributed by atoms with van der Waals surface area (Å²) in [6.07, 6.45) is 1.91. The summed E-state index contributed by atoms with van der Waals surface area (Å²) in [5, 5.41) is 28.5. The third-order valence-electron chi connectivity index (χ3n) is 9.16. The lowest BCUT2D eigenvalue weighted by Gasteiger charge is -2.31. The number of carbonyl (C=O) groups excluding carboxylic acids is 1. The molecule has 0 atom stereocenters. The first kappa shape index (κ1) is 31.6. The molecule has 248 valence electrons. The van der Waals surface area contributed by atoms with E-state index in [4.69, 9.17) is 4.74 Å². The fraction of sp³-hybridized carbons (Fsp3) is 0.297. The Labute approximate surface area is 277 Å². The molecule has 0 bridgehead atoms. The molecule has 0 unspecified atom stereocenters. The molecule has 4 aromatic carbocycles. The number of aromatic amines is 1. The zero-order valence-corrected chi connectivity index (χ0v) is 26.7. The lowest BCUT2D eigenvalue weighted by atomic mass is 9.91. The number of aromatic nitrogens is 2. The number of anilines is 3. The summed E-state index contributed by atoms with van der Waals surface area (Å²) in [6.45, 7) is 6.85. The van der Waals surface area contributed by atoms with Crippen LogP contribution in [0.1, 0.15) is 39.9 Å². The van der Waals surface area contributed by atoms with Gasteiger partial charge in [0.2, 0.25) is 0 Å². The fourth-order valence-corrected chi connectivity index (χ4v) is 6.64. The van der Waals surface area contributed by atoms with Crippen LogP contribution in [0.15, 0.2) is 66.7 Å². The minimum atomic E-state index is -0.662. The number of piperazine rings is 1. The highest BCUT2D eigenvalue weighted by molar-refractivity contribution is 6.11. The summed E-state index contributed by atoms with van der Waals surface area (Å²) in [4.78, 5) is 16.3. The van der Waals surface area contributed by atoms with Crippen molar-refractivity contribution < 1.29 is 23.4 Å². The highest BCUT2D eigenvalue weighted by Crippen LogP contribution is 2.36. The van der Waals surface area contributed by atoms with Gasteiger partial charge in [-0.25, -0.2) is 8.78 Å². The molecule has 2 aliphatic heterocycles. The van der Waals surface area contributed by atoms with Gasteiger partial charge in [0, 0.05) is 68.3 Å². The van der Waals surface area contributed by atoms with Crippen LogP contribution in [-0.4, -0.2) is 66.6 Å². The second-order valence-electron chi connectivity index (χ2n) is 12.5. The molecule has 3 heterocycles. The number of carbonyl (C=O) groups is 1. The van der Waals surface area contributed by atoms with Gasteiger partial charge in [0.05, 0.1) is 11.1 Å². The second kappa shape index (κ2) is 13.6. The summed E-state index contributed by atoms with van der Waals surface area (Å²) < 4.78 is 34.0. The zero-order chi connectivity index (χ0) is 33.2. The molecule has 2 saturated heterocycles. The fourth-order valence-electron chi connectivity index (χ4n) is 6.64. The molecule has 0 spiro atoms. The van der Waals surface area contributed by atoms with Gasteiger partial charge in [0.1, 0.15) is 17.4 Å². The molecule has 5 N–H and O–H groups in total. The molecule has 2 fully saturated rings. The van der Waals surface area contributed by atoms with Gasteiger partial charge in [-0.15, -0.1) is 0 Å². The molecule has 48 heavy (non-hydrogen) atoms. The molecule has 1 amide bonds. The van der Waals surface area contributed by atoms with Crippen LogP contribution in [0.2, 0.25) is 0 Å². The number of phenolic OH excluding ortho intramolecular Hbond substituents is 1. The largest absolute Gasteiger partial charge is 0.508 e. The SMILES string of the molecule is Cc1ccc(O)cc1-c1cc2[nH]nc(NC(=O)c3ccc(N4CCNCC4)cc3NC3CCOCC3)c2cc1Cc1cc(F)cc(F)c1. The molecule has 5 aromatic rings. The van der Waals surface area contributed by atoms with E-state index < -0.39 is 11.6 Å². The molecule has 0 radical (unpaired) electrons. The van der Waals surface area contributed by atoms with Crippen LogP contribution in [0, 0.1) is 18.6 Å². The number of hydrogen-bond donors (Lipinski definition) is 5. The summed E-state index contributed by atoms with van der Waals surface area (Å²) in [5.74, 6) is -1.20. The third kappa shape index (κ3) is 6.83. The number of halogens is 2. The highest BCUT2D eigenvalue weighted by Gasteiger charge is 2.22. The number of aryl methyl sites for hydroxylation is 1. The van der Waals surface area contributed by atoms with Crippen molar-refractivity contribution in [3.63, 3.8) is 0 Å². The number of phenols is 1. The van der Waals surface area contributed by atoms with Gasteiger partial charge in [-0.1, -0.05) is 6.07 Å². The van der Waals surface area contributed by atoms with Crippen LogP contribution in [0.5, 0.6) is 5.75 Å². The monoisotopic (exact) mass is 652 g/mol. The summed E-state index contributed by atoms with van der Waals surface area (Å²) >= 11 is 0. The zero-order valence-electron chi connectivity index (χ0n) is 26.7. The molecule has 1 aromatic heterocycles. The van der Waals surface area contributed by atoms with E-state index in [0.29, 0.717) is 41.1 Å². The lowest BCUT2D eigenvalue weighted by molar-refractivity contribution is 0.0904. The maximum atomic E-state index is 14.2. The van der Waals surface area contributed by atoms with Crippen LogP contribution in [0.4, 0.5) is 26.0 Å². The Balaban J connectivity index is 1.25. The van der Waals surface area contributed by atoms with Gasteiger partial charge in [-0.05, 0) is 109 Å². The average molecular weight is 653 g/mol. The van der Waals surface area contributed by atoms with Gasteiger partial charge in [0.25, 0.3) is 5.91 Å². The minimum Gasteiger partial charge on any atom is -0.508 e. The van der Waals surface area contributed by atoms with Gasteiger partial charge >= 0.3 is 0 Å². The number of nitrogens with one attached hydrogen (secondary N) is 4. The highest BCUT2D eigenvalue weighted by atomic mass is 19.1. The van der Waals surface area contributed by atoms with E-state index in [9.17, 15) is 18.7 Å². The number of benzene rings is 4. The van der Waals surface area contributed by atoms with E-state index in [0.717, 1.165) is 78.7 Å². The van der Waals surface area contributed by atoms with Crippen LogP contribution < -0.4 is 20.9 Å². The minimum absolute atomic E-state index is 0.101. The van der Waals surface area contributed by atoms with Crippen molar-refractivity contribution in [2.24, 2.45) is 0 Å². The third-order valence-corrected chi connectivity index (χ3v) is 9.16. The first-order chi connectivity index (χ1) is 23.3. The molecular weight excluding hydrogens is 614 g/mol. The molecule has 2 aliphatic rings. The van der Waals surface area contributed by atoms with E-state index in [-0.39, 0.29) is 24.1 Å². The average Bonchev–Trinajstić information content (AvgIpc) is 3.47. The number of fused-ring (bicyclic) bond motifs is 1. The lowest BCUT2D eigenvalue weighted by Crippen LogP contribution is -2.43. The van der Waals surface area contributed by atoms with E-state index in [1.165, 1.54) is 12.1 Å². The number of nitrogens with zero attached hydrogens (tertiary/aromatic N) is 2. The van der Waals surface area contributed by atoms with E-state index >= 15 is 0 Å². The van der Waals surface area contributed by atoms with E-state index in [2.05, 4.69) is 37.1 Å². The Morgan fingerprint density at radius 1 is 0.979 bits per heavy atom. The van der Waals surface area contributed by atoms with Crippen LogP contribution in [0.25, 0.3) is 22.0 Å². The Morgan fingerprint density at radius 2 is 1.75 bits per heavy atom. The van der Waals surface area contributed by atoms with Crippen molar-refractivity contribution >= 4 is 34.0 Å². The maximum Gasteiger partial charge on any atom is 0.258 e. The topological polar surface area (TPSA) is 115 Å². The van der Waals surface area contributed by atoms with Gasteiger partial charge < -0.3 is 30.7 Å². The molecular formula is C37H38F2N6O3. The Bertz CT molecular complexity index is 1950. The number of hydrogen-bond acceptors (Lipinski definition) is 7. The first-order valence-corrected chi connectivity index (χ1v) is 16.3. The number of amides is 1.